The average molecular weight is 276 g/mol. The predicted molar refractivity (Wildman–Crippen MR) is 79.4 cm³/mol. The van der Waals surface area contributed by atoms with Gasteiger partial charge in [-0.05, 0) is 37.5 Å². The lowest BCUT2D eigenvalue weighted by Gasteiger charge is -2.43. The number of hydrogen-bond donors (Lipinski definition) is 0. The monoisotopic (exact) mass is 276 g/mol. The second-order valence-corrected chi connectivity index (χ2v) is 7.25. The van der Waals surface area contributed by atoms with E-state index in [1.165, 1.54) is 51.4 Å². The van der Waals surface area contributed by atoms with Gasteiger partial charge in [0.2, 0.25) is 11.6 Å². The molecule has 4 unspecified atom stereocenters. The van der Waals surface area contributed by atoms with E-state index in [2.05, 4.69) is 0 Å². The van der Waals surface area contributed by atoms with Gasteiger partial charge in [0.25, 0.3) is 0 Å². The van der Waals surface area contributed by atoms with Crippen LogP contribution >= 0.6 is 0 Å². The molecule has 3 aliphatic rings. The first-order chi connectivity index (χ1) is 9.79. The Morgan fingerprint density at radius 3 is 1.25 bits per heavy atom. The van der Waals surface area contributed by atoms with E-state index < -0.39 is 0 Å². The maximum Gasteiger partial charge on any atom is 0.202 e. The van der Waals surface area contributed by atoms with Gasteiger partial charge in [-0.25, -0.2) is 0 Å². The second-order valence-electron chi connectivity index (χ2n) is 7.25. The quantitative estimate of drug-likeness (QED) is 0.618. The number of ketones is 2. The smallest absolute Gasteiger partial charge is 0.202 e. The molecule has 0 aromatic carbocycles. The van der Waals surface area contributed by atoms with Gasteiger partial charge in [-0.1, -0.05) is 51.4 Å². The lowest BCUT2D eigenvalue weighted by molar-refractivity contribution is -0.150. The summed E-state index contributed by atoms with van der Waals surface area (Å²) in [6, 6.07) is 0. The van der Waals surface area contributed by atoms with Gasteiger partial charge in [0.15, 0.2) is 0 Å². The van der Waals surface area contributed by atoms with Crippen LogP contribution in [0.1, 0.15) is 77.0 Å². The average Bonchev–Trinajstić information content (AvgIpc) is 2.37. The van der Waals surface area contributed by atoms with Gasteiger partial charge in [-0.15, -0.1) is 0 Å². The topological polar surface area (TPSA) is 34.1 Å². The summed E-state index contributed by atoms with van der Waals surface area (Å²) in [4.78, 5) is 25.1. The summed E-state index contributed by atoms with van der Waals surface area (Å²) in [5.74, 6) is 1.26. The van der Waals surface area contributed by atoms with E-state index in [-0.39, 0.29) is 23.4 Å². The first-order valence-electron chi connectivity index (χ1n) is 8.87. The van der Waals surface area contributed by atoms with Crippen molar-refractivity contribution in [3.8, 4) is 0 Å². The summed E-state index contributed by atoms with van der Waals surface area (Å²) in [6.45, 7) is 0. The Morgan fingerprint density at radius 2 is 0.850 bits per heavy atom. The van der Waals surface area contributed by atoms with Gasteiger partial charge >= 0.3 is 0 Å². The zero-order valence-electron chi connectivity index (χ0n) is 12.6. The fraction of sp³-hybridized carbons (Fsp3) is 0.889. The lowest BCUT2D eigenvalue weighted by atomic mass is 9.59. The molecular weight excluding hydrogens is 248 g/mol. The number of fused-ring (bicyclic) bond motifs is 3. The molecule has 3 saturated carbocycles. The minimum absolute atomic E-state index is 0.0127. The van der Waals surface area contributed by atoms with Crippen molar-refractivity contribution in [2.24, 2.45) is 23.7 Å². The minimum atomic E-state index is 0.0127. The molecule has 0 radical (unpaired) electrons. The van der Waals surface area contributed by atoms with Crippen LogP contribution in [0.15, 0.2) is 0 Å². The van der Waals surface area contributed by atoms with Crippen LogP contribution in [0, 0.1) is 23.7 Å². The van der Waals surface area contributed by atoms with Gasteiger partial charge < -0.3 is 0 Å². The van der Waals surface area contributed by atoms with Crippen LogP contribution in [0.25, 0.3) is 0 Å². The van der Waals surface area contributed by atoms with Crippen LogP contribution in [-0.4, -0.2) is 11.6 Å². The van der Waals surface area contributed by atoms with Crippen LogP contribution in [0.3, 0.4) is 0 Å². The van der Waals surface area contributed by atoms with Crippen molar-refractivity contribution in [1.82, 2.24) is 0 Å². The van der Waals surface area contributed by atoms with Crippen LogP contribution in [-0.2, 0) is 9.59 Å². The number of carbonyl (C=O) groups excluding carboxylic acids is 2. The zero-order valence-corrected chi connectivity index (χ0v) is 12.6. The van der Waals surface area contributed by atoms with Crippen LogP contribution in [0.5, 0.6) is 0 Å². The standard InChI is InChI=1S/C18H28O2/c19-17-15-11-7-3-1-5-9-13(15)14-10-6-2-4-8-12-16(14)18(17)20/h13-16H,1-12H2. The maximum absolute atomic E-state index is 12.5. The van der Waals surface area contributed by atoms with Gasteiger partial charge in [-0.3, -0.25) is 9.59 Å². The number of Topliss-reactive ketones (excluding diaryl/α,β-unsaturated/α-hetero) is 2. The summed E-state index contributed by atoms with van der Waals surface area (Å²) < 4.78 is 0. The molecule has 0 aromatic heterocycles. The molecule has 0 aliphatic heterocycles. The Morgan fingerprint density at radius 1 is 0.500 bits per heavy atom. The van der Waals surface area contributed by atoms with E-state index in [1.807, 2.05) is 0 Å². The van der Waals surface area contributed by atoms with Crippen molar-refractivity contribution in [3.63, 3.8) is 0 Å². The molecule has 3 fully saturated rings. The van der Waals surface area contributed by atoms with Crippen molar-refractivity contribution >= 4 is 11.6 Å². The van der Waals surface area contributed by atoms with Gasteiger partial charge in [0.1, 0.15) is 0 Å². The lowest BCUT2D eigenvalue weighted by Crippen LogP contribution is -2.48. The summed E-state index contributed by atoms with van der Waals surface area (Å²) in [7, 11) is 0. The van der Waals surface area contributed by atoms with Crippen molar-refractivity contribution in [2.75, 3.05) is 0 Å². The van der Waals surface area contributed by atoms with E-state index in [1.54, 1.807) is 0 Å². The molecule has 0 amide bonds. The maximum atomic E-state index is 12.5. The van der Waals surface area contributed by atoms with Crippen molar-refractivity contribution < 1.29 is 9.59 Å². The van der Waals surface area contributed by atoms with E-state index in [0.717, 1.165) is 25.7 Å². The molecule has 0 N–H and O–H groups in total. The molecule has 3 aliphatic carbocycles. The van der Waals surface area contributed by atoms with Crippen LogP contribution in [0.2, 0.25) is 0 Å². The largest absolute Gasteiger partial charge is 0.291 e. The van der Waals surface area contributed by atoms with Crippen molar-refractivity contribution in [1.29, 1.82) is 0 Å². The molecule has 0 spiro atoms. The molecular formula is C18H28O2. The highest BCUT2D eigenvalue weighted by atomic mass is 16.2. The highest BCUT2D eigenvalue weighted by molar-refractivity contribution is 6.39. The Labute approximate surface area is 122 Å². The Kier molecular flexibility index (Phi) is 4.58. The SMILES string of the molecule is O=C1C(=O)C2CCCCCCC2C2CCCCCCC12. The molecule has 112 valence electrons. The second kappa shape index (κ2) is 6.41. The third kappa shape index (κ3) is 2.71. The van der Waals surface area contributed by atoms with Gasteiger partial charge in [0.05, 0.1) is 0 Å². The molecule has 0 saturated heterocycles. The number of hydrogen-bond acceptors (Lipinski definition) is 2. The predicted octanol–water partition coefficient (Wildman–Crippen LogP) is 4.31. The molecule has 2 heteroatoms. The molecule has 3 rings (SSSR count). The molecule has 0 heterocycles. The van der Waals surface area contributed by atoms with Crippen molar-refractivity contribution in [3.05, 3.63) is 0 Å². The highest BCUT2D eigenvalue weighted by Crippen LogP contribution is 2.46. The van der Waals surface area contributed by atoms with Gasteiger partial charge in [0, 0.05) is 11.8 Å². The van der Waals surface area contributed by atoms with Crippen LogP contribution in [0.4, 0.5) is 0 Å². The van der Waals surface area contributed by atoms with E-state index in [0.29, 0.717) is 11.8 Å². The summed E-state index contributed by atoms with van der Waals surface area (Å²) in [6.07, 6.45) is 14.3. The van der Waals surface area contributed by atoms with E-state index in [4.69, 9.17) is 0 Å². The van der Waals surface area contributed by atoms with Crippen LogP contribution < -0.4 is 0 Å². The van der Waals surface area contributed by atoms with E-state index in [9.17, 15) is 9.59 Å². The Hall–Kier alpha value is -0.660. The summed E-state index contributed by atoms with van der Waals surface area (Å²) in [5.41, 5.74) is 0. The summed E-state index contributed by atoms with van der Waals surface area (Å²) >= 11 is 0. The molecule has 0 bridgehead atoms. The normalized spacial score (nSPS) is 39.8. The first-order valence-corrected chi connectivity index (χ1v) is 8.87. The van der Waals surface area contributed by atoms with E-state index >= 15 is 0 Å². The number of carbonyl (C=O) groups is 2. The Bertz CT molecular complexity index is 338. The molecule has 2 nitrogen and oxygen atoms in total. The van der Waals surface area contributed by atoms with Crippen molar-refractivity contribution in [2.45, 2.75) is 77.0 Å². The molecule has 4 atom stereocenters. The highest BCUT2D eigenvalue weighted by Gasteiger charge is 2.48. The first kappa shape index (κ1) is 14.3. The number of rotatable bonds is 0. The van der Waals surface area contributed by atoms with Gasteiger partial charge in [-0.2, -0.15) is 0 Å². The fourth-order valence-corrected chi connectivity index (χ4v) is 5.07. The minimum Gasteiger partial charge on any atom is -0.291 e. The summed E-state index contributed by atoms with van der Waals surface area (Å²) in [5, 5.41) is 0. The third-order valence-electron chi connectivity index (χ3n) is 6.11. The Balaban J connectivity index is 1.85. The molecule has 20 heavy (non-hydrogen) atoms. The zero-order chi connectivity index (χ0) is 13.9. The third-order valence-corrected chi connectivity index (χ3v) is 6.11. The molecule has 0 aromatic rings. The fourth-order valence-electron chi connectivity index (χ4n) is 5.07.